The van der Waals surface area contributed by atoms with E-state index in [1.54, 1.807) is 24.3 Å². The first-order valence-corrected chi connectivity index (χ1v) is 6.44. The van der Waals surface area contributed by atoms with Crippen LogP contribution in [0.1, 0.15) is 10.5 Å². The molecule has 1 amide bonds. The molecule has 1 heterocycles. The molecule has 8 heteroatoms. The van der Waals surface area contributed by atoms with Crippen LogP contribution in [0.25, 0.3) is 0 Å². The van der Waals surface area contributed by atoms with E-state index in [1.165, 1.54) is 12.1 Å². The maximum absolute atomic E-state index is 12.0. The van der Waals surface area contributed by atoms with Crippen LogP contribution in [0.15, 0.2) is 42.6 Å². The second-order valence-corrected chi connectivity index (χ2v) is 4.62. The third kappa shape index (κ3) is 4.63. The Labute approximate surface area is 128 Å². The van der Waals surface area contributed by atoms with Gasteiger partial charge in [0.2, 0.25) is 0 Å². The number of para-hydroxylation sites is 1. The summed E-state index contributed by atoms with van der Waals surface area (Å²) in [6.07, 6.45) is -3.38. The lowest BCUT2D eigenvalue weighted by Gasteiger charge is -2.09. The molecular weight excluding hydrogens is 321 g/mol. The molecule has 0 aliphatic heterocycles. The van der Waals surface area contributed by atoms with Crippen LogP contribution in [0.3, 0.4) is 0 Å². The van der Waals surface area contributed by atoms with Crippen molar-refractivity contribution in [3.05, 3.63) is 53.3 Å². The van der Waals surface area contributed by atoms with Crippen molar-refractivity contribution in [3.8, 4) is 5.75 Å². The predicted molar refractivity (Wildman–Crippen MR) is 75.2 cm³/mol. The van der Waals surface area contributed by atoms with Crippen LogP contribution < -0.4 is 10.1 Å². The molecule has 0 fully saturated rings. The van der Waals surface area contributed by atoms with E-state index >= 15 is 0 Å². The second-order valence-electron chi connectivity index (χ2n) is 4.22. The summed E-state index contributed by atoms with van der Waals surface area (Å²) in [5.41, 5.74) is 0.438. The number of nitrogens with zero attached hydrogens (tertiary/aromatic N) is 1. The highest BCUT2D eigenvalue weighted by Crippen LogP contribution is 2.21. The maximum atomic E-state index is 12.0. The van der Waals surface area contributed by atoms with Crippen LogP contribution in [-0.2, 0) is 0 Å². The van der Waals surface area contributed by atoms with E-state index in [4.69, 9.17) is 11.6 Å². The van der Waals surface area contributed by atoms with Crippen molar-refractivity contribution >= 4 is 23.2 Å². The highest BCUT2D eigenvalue weighted by Gasteiger charge is 2.28. The SMILES string of the molecule is O=C(Nc1ccccc1Cl)c1ccc(OCC(F)(F)F)cn1. The Bertz CT molecular complexity index is 660. The standard InChI is InChI=1S/C14H10ClF3N2O2/c15-10-3-1-2-4-11(10)20-13(21)12-6-5-9(7-19-12)22-8-14(16,17)18/h1-7H,8H2,(H,20,21). The summed E-state index contributed by atoms with van der Waals surface area (Å²) in [6, 6.07) is 9.13. The molecule has 0 aliphatic carbocycles. The van der Waals surface area contributed by atoms with Gasteiger partial charge in [-0.1, -0.05) is 23.7 Å². The third-order valence-electron chi connectivity index (χ3n) is 2.49. The Hall–Kier alpha value is -2.28. The summed E-state index contributed by atoms with van der Waals surface area (Å²) in [4.78, 5) is 15.7. The van der Waals surface area contributed by atoms with Gasteiger partial charge in [-0.2, -0.15) is 13.2 Å². The molecule has 2 rings (SSSR count). The van der Waals surface area contributed by atoms with Gasteiger partial charge in [0.1, 0.15) is 11.4 Å². The van der Waals surface area contributed by atoms with Gasteiger partial charge in [0.05, 0.1) is 16.9 Å². The van der Waals surface area contributed by atoms with E-state index in [0.717, 1.165) is 6.20 Å². The third-order valence-corrected chi connectivity index (χ3v) is 2.82. The number of rotatable bonds is 4. The van der Waals surface area contributed by atoms with Gasteiger partial charge in [-0.05, 0) is 24.3 Å². The largest absolute Gasteiger partial charge is 0.483 e. The summed E-state index contributed by atoms with van der Waals surface area (Å²) in [5, 5.41) is 2.91. The van der Waals surface area contributed by atoms with Crippen molar-refractivity contribution in [2.24, 2.45) is 0 Å². The van der Waals surface area contributed by atoms with Gasteiger partial charge in [-0.15, -0.1) is 0 Å². The number of aromatic nitrogens is 1. The summed E-state index contributed by atoms with van der Waals surface area (Å²) < 4.78 is 40.5. The van der Waals surface area contributed by atoms with Crippen molar-refractivity contribution in [1.29, 1.82) is 0 Å². The minimum Gasteiger partial charge on any atom is -0.483 e. The molecule has 4 nitrogen and oxygen atoms in total. The van der Waals surface area contributed by atoms with E-state index in [0.29, 0.717) is 10.7 Å². The number of carbonyl (C=O) groups excluding carboxylic acids is 1. The van der Waals surface area contributed by atoms with Gasteiger partial charge in [0, 0.05) is 0 Å². The minimum atomic E-state index is -4.43. The van der Waals surface area contributed by atoms with Gasteiger partial charge in [0.15, 0.2) is 6.61 Å². The second kappa shape index (κ2) is 6.65. The molecule has 116 valence electrons. The minimum absolute atomic E-state index is 0.0271. The highest BCUT2D eigenvalue weighted by atomic mass is 35.5. The van der Waals surface area contributed by atoms with Crippen LogP contribution in [0.4, 0.5) is 18.9 Å². The number of pyridine rings is 1. The molecule has 1 N–H and O–H groups in total. The van der Waals surface area contributed by atoms with Crippen LogP contribution in [-0.4, -0.2) is 23.7 Å². The fourth-order valence-corrected chi connectivity index (χ4v) is 1.70. The van der Waals surface area contributed by atoms with E-state index in [-0.39, 0.29) is 11.4 Å². The van der Waals surface area contributed by atoms with E-state index in [9.17, 15) is 18.0 Å². The van der Waals surface area contributed by atoms with Crippen molar-refractivity contribution in [3.63, 3.8) is 0 Å². The number of benzene rings is 1. The van der Waals surface area contributed by atoms with Crippen molar-refractivity contribution < 1.29 is 22.7 Å². The van der Waals surface area contributed by atoms with Crippen molar-refractivity contribution in [2.75, 3.05) is 11.9 Å². The molecule has 0 radical (unpaired) electrons. The maximum Gasteiger partial charge on any atom is 0.422 e. The molecule has 0 bridgehead atoms. The van der Waals surface area contributed by atoms with Crippen LogP contribution in [0.2, 0.25) is 5.02 Å². The average Bonchev–Trinajstić information content (AvgIpc) is 2.47. The first-order chi connectivity index (χ1) is 10.3. The van der Waals surface area contributed by atoms with E-state index in [1.807, 2.05) is 0 Å². The van der Waals surface area contributed by atoms with E-state index in [2.05, 4.69) is 15.0 Å². The molecule has 2 aromatic rings. The summed E-state index contributed by atoms with van der Waals surface area (Å²) >= 11 is 5.90. The Morgan fingerprint density at radius 1 is 1.23 bits per heavy atom. The Balaban J connectivity index is 2.01. The first-order valence-electron chi connectivity index (χ1n) is 6.06. The molecule has 1 aromatic carbocycles. The highest BCUT2D eigenvalue weighted by molar-refractivity contribution is 6.33. The molecular formula is C14H10ClF3N2O2. The fourth-order valence-electron chi connectivity index (χ4n) is 1.51. The zero-order valence-electron chi connectivity index (χ0n) is 11.0. The van der Waals surface area contributed by atoms with Crippen LogP contribution in [0.5, 0.6) is 5.75 Å². The van der Waals surface area contributed by atoms with Crippen LogP contribution >= 0.6 is 11.6 Å². The monoisotopic (exact) mass is 330 g/mol. The molecule has 1 aromatic heterocycles. The number of hydrogen-bond acceptors (Lipinski definition) is 3. The Morgan fingerprint density at radius 3 is 2.55 bits per heavy atom. The van der Waals surface area contributed by atoms with Gasteiger partial charge in [-0.25, -0.2) is 4.98 Å². The number of hydrogen-bond donors (Lipinski definition) is 1. The van der Waals surface area contributed by atoms with Gasteiger partial charge >= 0.3 is 6.18 Å². The normalized spacial score (nSPS) is 11.1. The number of anilines is 1. The molecule has 0 unspecified atom stereocenters. The van der Waals surface area contributed by atoms with Gasteiger partial charge < -0.3 is 10.1 Å². The number of alkyl halides is 3. The quantitative estimate of drug-likeness (QED) is 0.924. The zero-order chi connectivity index (χ0) is 16.2. The Kier molecular flexibility index (Phi) is 4.87. The van der Waals surface area contributed by atoms with E-state index < -0.39 is 18.7 Å². The number of carbonyl (C=O) groups is 1. The summed E-state index contributed by atoms with van der Waals surface area (Å²) in [6.45, 7) is -1.42. The molecule has 0 spiro atoms. The summed E-state index contributed by atoms with van der Waals surface area (Å²) in [5.74, 6) is -0.609. The topological polar surface area (TPSA) is 51.2 Å². The lowest BCUT2D eigenvalue weighted by Crippen LogP contribution is -2.19. The molecule has 0 saturated heterocycles. The van der Waals surface area contributed by atoms with Crippen LogP contribution in [0, 0.1) is 0 Å². The smallest absolute Gasteiger partial charge is 0.422 e. The number of nitrogens with one attached hydrogen (secondary N) is 1. The fraction of sp³-hybridized carbons (Fsp3) is 0.143. The molecule has 0 aliphatic rings. The predicted octanol–water partition coefficient (Wildman–Crippen LogP) is 3.93. The first kappa shape index (κ1) is 16.1. The molecule has 0 saturated carbocycles. The zero-order valence-corrected chi connectivity index (χ0v) is 11.8. The van der Waals surface area contributed by atoms with Gasteiger partial charge in [0.25, 0.3) is 5.91 Å². The molecule has 22 heavy (non-hydrogen) atoms. The number of amides is 1. The number of ether oxygens (including phenoxy) is 1. The average molecular weight is 331 g/mol. The van der Waals surface area contributed by atoms with Crippen molar-refractivity contribution in [2.45, 2.75) is 6.18 Å². The van der Waals surface area contributed by atoms with Gasteiger partial charge in [-0.3, -0.25) is 4.79 Å². The lowest BCUT2D eigenvalue weighted by atomic mass is 10.3. The lowest BCUT2D eigenvalue weighted by molar-refractivity contribution is -0.153. The molecule has 0 atom stereocenters. The Morgan fingerprint density at radius 2 is 1.95 bits per heavy atom. The van der Waals surface area contributed by atoms with Crippen molar-refractivity contribution in [1.82, 2.24) is 4.98 Å². The number of halogens is 4. The summed E-state index contributed by atoms with van der Waals surface area (Å²) in [7, 11) is 0.